The molecule has 2 aromatic carbocycles. The van der Waals surface area contributed by atoms with E-state index >= 15 is 0 Å². The molecule has 1 saturated heterocycles. The second-order valence-electron chi connectivity index (χ2n) is 5.45. The Labute approximate surface area is 134 Å². The molecule has 0 bridgehead atoms. The van der Waals surface area contributed by atoms with Gasteiger partial charge in [-0.1, -0.05) is 24.3 Å². The number of benzene rings is 2. The van der Waals surface area contributed by atoms with Crippen LogP contribution >= 0.6 is 0 Å². The Bertz CT molecular complexity index is 706. The number of ketones is 1. The summed E-state index contributed by atoms with van der Waals surface area (Å²) >= 11 is 0. The van der Waals surface area contributed by atoms with Crippen LogP contribution in [0.1, 0.15) is 11.1 Å². The Morgan fingerprint density at radius 2 is 1.13 bits per heavy atom. The van der Waals surface area contributed by atoms with E-state index in [4.69, 9.17) is 0 Å². The van der Waals surface area contributed by atoms with Gasteiger partial charge in [-0.25, -0.2) is 0 Å². The molecule has 1 aliphatic heterocycles. The molecule has 0 aromatic heterocycles. The first-order chi connectivity index (χ1) is 11.1. The fourth-order valence-corrected chi connectivity index (χ4v) is 2.48. The van der Waals surface area contributed by atoms with Crippen molar-refractivity contribution in [2.45, 2.75) is 0 Å². The first-order valence-electron chi connectivity index (χ1n) is 7.36. The highest BCUT2D eigenvalue weighted by molar-refractivity contribution is 6.14. The molecule has 3 N–H and O–H groups in total. The fraction of sp³-hybridized carbons (Fsp3) is 0.105. The van der Waals surface area contributed by atoms with Crippen LogP contribution in [0.4, 0.5) is 0 Å². The molecule has 2 aromatic rings. The van der Waals surface area contributed by atoms with Gasteiger partial charge in [-0.15, -0.1) is 0 Å². The number of phenolic OH excluding ortho intramolecular Hbond substituents is 2. The maximum atomic E-state index is 12.6. The van der Waals surface area contributed by atoms with Crippen LogP contribution in [-0.2, 0) is 4.79 Å². The average Bonchev–Trinajstić information content (AvgIpc) is 2.55. The number of nitrogens with one attached hydrogen (secondary N) is 1. The molecule has 1 heterocycles. The van der Waals surface area contributed by atoms with E-state index in [-0.39, 0.29) is 17.3 Å². The summed E-state index contributed by atoms with van der Waals surface area (Å²) < 4.78 is 0. The number of hydrogen-bond acceptors (Lipinski definition) is 4. The highest BCUT2D eigenvalue weighted by atomic mass is 16.3. The Kier molecular flexibility index (Phi) is 4.26. The van der Waals surface area contributed by atoms with E-state index in [9.17, 15) is 15.0 Å². The molecule has 0 radical (unpaired) electrons. The van der Waals surface area contributed by atoms with E-state index in [0.717, 1.165) is 11.1 Å². The highest BCUT2D eigenvalue weighted by Crippen LogP contribution is 2.19. The maximum Gasteiger partial charge on any atom is 0.187 e. The third-order valence-corrected chi connectivity index (χ3v) is 3.68. The summed E-state index contributed by atoms with van der Waals surface area (Å²) in [5.41, 5.74) is 3.12. The number of phenols is 2. The SMILES string of the molecule is O=C1C(=Cc2ccc(O)cc2)CNCC1=Cc1ccc(O)cc1. The Balaban J connectivity index is 1.86. The maximum absolute atomic E-state index is 12.6. The highest BCUT2D eigenvalue weighted by Gasteiger charge is 2.20. The van der Waals surface area contributed by atoms with Crippen molar-refractivity contribution in [1.82, 2.24) is 5.32 Å². The van der Waals surface area contributed by atoms with Crippen LogP contribution in [0.3, 0.4) is 0 Å². The van der Waals surface area contributed by atoms with Gasteiger partial charge in [-0.05, 0) is 47.5 Å². The topological polar surface area (TPSA) is 69.6 Å². The largest absolute Gasteiger partial charge is 0.508 e. The average molecular weight is 307 g/mol. The van der Waals surface area contributed by atoms with Gasteiger partial charge < -0.3 is 15.5 Å². The quantitative estimate of drug-likeness (QED) is 0.746. The molecule has 1 fully saturated rings. The molecule has 0 amide bonds. The first-order valence-corrected chi connectivity index (χ1v) is 7.36. The summed E-state index contributed by atoms with van der Waals surface area (Å²) in [6.45, 7) is 1.04. The van der Waals surface area contributed by atoms with Crippen molar-refractivity contribution in [3.63, 3.8) is 0 Å². The van der Waals surface area contributed by atoms with Gasteiger partial charge in [0.25, 0.3) is 0 Å². The number of carbonyl (C=O) groups is 1. The third-order valence-electron chi connectivity index (χ3n) is 3.68. The van der Waals surface area contributed by atoms with Crippen LogP contribution in [0.15, 0.2) is 59.7 Å². The minimum atomic E-state index is 0.0184. The van der Waals surface area contributed by atoms with Gasteiger partial charge in [0.05, 0.1) is 0 Å². The van der Waals surface area contributed by atoms with Crippen molar-refractivity contribution in [3.05, 3.63) is 70.8 Å². The van der Waals surface area contributed by atoms with Gasteiger partial charge in [0, 0.05) is 24.2 Å². The standard InChI is InChI=1S/C19H17NO3/c21-17-5-1-13(2-6-17)9-15-11-20-12-16(19(15)23)10-14-3-7-18(22)8-4-14/h1-10,20-22H,11-12H2. The molecule has 0 aliphatic carbocycles. The molecule has 3 rings (SSSR count). The molecule has 23 heavy (non-hydrogen) atoms. The zero-order chi connectivity index (χ0) is 16.2. The zero-order valence-electron chi connectivity index (χ0n) is 12.5. The van der Waals surface area contributed by atoms with Crippen molar-refractivity contribution in [1.29, 1.82) is 0 Å². The predicted molar refractivity (Wildman–Crippen MR) is 90.0 cm³/mol. The van der Waals surface area contributed by atoms with Gasteiger partial charge in [0.2, 0.25) is 0 Å². The van der Waals surface area contributed by atoms with E-state index in [1.165, 1.54) is 0 Å². The van der Waals surface area contributed by atoms with Crippen molar-refractivity contribution in [2.75, 3.05) is 13.1 Å². The lowest BCUT2D eigenvalue weighted by Gasteiger charge is -2.18. The Hall–Kier alpha value is -2.85. The molecule has 4 nitrogen and oxygen atoms in total. The fourth-order valence-electron chi connectivity index (χ4n) is 2.48. The van der Waals surface area contributed by atoms with Crippen LogP contribution in [-0.4, -0.2) is 29.1 Å². The summed E-state index contributed by atoms with van der Waals surface area (Å²) in [6.07, 6.45) is 3.66. The van der Waals surface area contributed by atoms with E-state index in [1.807, 2.05) is 12.2 Å². The summed E-state index contributed by atoms with van der Waals surface area (Å²) in [7, 11) is 0. The minimum absolute atomic E-state index is 0.0184. The molecule has 1 aliphatic rings. The molecule has 0 unspecified atom stereocenters. The van der Waals surface area contributed by atoms with Crippen molar-refractivity contribution >= 4 is 17.9 Å². The Morgan fingerprint density at radius 3 is 1.52 bits per heavy atom. The monoisotopic (exact) mass is 307 g/mol. The molecule has 4 heteroatoms. The lowest BCUT2D eigenvalue weighted by molar-refractivity contribution is -0.112. The summed E-state index contributed by atoms with van der Waals surface area (Å²) in [6, 6.07) is 13.5. The minimum Gasteiger partial charge on any atom is -0.508 e. The van der Waals surface area contributed by atoms with E-state index in [1.54, 1.807) is 48.5 Å². The van der Waals surface area contributed by atoms with E-state index < -0.39 is 0 Å². The Morgan fingerprint density at radius 1 is 0.739 bits per heavy atom. The molecule has 0 atom stereocenters. The van der Waals surface area contributed by atoms with Gasteiger partial charge in [0.1, 0.15) is 11.5 Å². The molecular formula is C19H17NO3. The number of rotatable bonds is 2. The second-order valence-corrected chi connectivity index (χ2v) is 5.45. The molecule has 0 spiro atoms. The van der Waals surface area contributed by atoms with Crippen molar-refractivity contribution in [3.8, 4) is 11.5 Å². The summed E-state index contributed by atoms with van der Waals surface area (Å²) in [5.74, 6) is 0.422. The van der Waals surface area contributed by atoms with Crippen LogP contribution in [0, 0.1) is 0 Å². The van der Waals surface area contributed by atoms with Crippen molar-refractivity contribution < 1.29 is 15.0 Å². The second kappa shape index (κ2) is 6.50. The third kappa shape index (κ3) is 3.67. The lowest BCUT2D eigenvalue weighted by Crippen LogP contribution is -2.32. The lowest BCUT2D eigenvalue weighted by atomic mass is 9.95. The van der Waals surface area contributed by atoms with Crippen LogP contribution in [0.25, 0.3) is 12.2 Å². The van der Waals surface area contributed by atoms with Gasteiger partial charge in [-0.3, -0.25) is 4.79 Å². The van der Waals surface area contributed by atoms with Crippen LogP contribution in [0.2, 0.25) is 0 Å². The van der Waals surface area contributed by atoms with Crippen molar-refractivity contribution in [2.24, 2.45) is 0 Å². The summed E-state index contributed by atoms with van der Waals surface area (Å²) in [4.78, 5) is 12.6. The number of piperidine rings is 1. The van der Waals surface area contributed by atoms with E-state index in [0.29, 0.717) is 24.2 Å². The van der Waals surface area contributed by atoms with Crippen LogP contribution in [0.5, 0.6) is 11.5 Å². The molecule has 116 valence electrons. The predicted octanol–water partition coefficient (Wildman–Crippen LogP) is 2.74. The van der Waals surface area contributed by atoms with E-state index in [2.05, 4.69) is 5.32 Å². The number of carbonyl (C=O) groups excluding carboxylic acids is 1. The smallest absolute Gasteiger partial charge is 0.187 e. The normalized spacial score (nSPS) is 18.5. The van der Waals surface area contributed by atoms with Gasteiger partial charge >= 0.3 is 0 Å². The first kappa shape index (κ1) is 15.1. The molecular weight excluding hydrogens is 290 g/mol. The van der Waals surface area contributed by atoms with Gasteiger partial charge in [0.15, 0.2) is 5.78 Å². The zero-order valence-corrected chi connectivity index (χ0v) is 12.5. The number of hydrogen-bond donors (Lipinski definition) is 3. The summed E-state index contributed by atoms with van der Waals surface area (Å²) in [5, 5.41) is 21.8. The molecule has 0 saturated carbocycles. The van der Waals surface area contributed by atoms with Gasteiger partial charge in [-0.2, -0.15) is 0 Å². The number of aromatic hydroxyl groups is 2. The van der Waals surface area contributed by atoms with Crippen LogP contribution < -0.4 is 5.32 Å². The number of Topliss-reactive ketones (excluding diaryl/α,β-unsaturated/α-hetero) is 1.